The minimum atomic E-state index is -1.22. The van der Waals surface area contributed by atoms with E-state index in [1.807, 2.05) is 0 Å². The van der Waals surface area contributed by atoms with Gasteiger partial charge in [-0.2, -0.15) is 0 Å². The molecule has 0 bridgehead atoms. The van der Waals surface area contributed by atoms with Crippen LogP contribution in [-0.2, 0) is 9.53 Å². The number of Topliss-reactive ketones (excluding diaryl/α,β-unsaturated/α-hetero) is 1. The van der Waals surface area contributed by atoms with Crippen molar-refractivity contribution in [3.05, 3.63) is 24.3 Å². The van der Waals surface area contributed by atoms with Gasteiger partial charge in [-0.15, -0.1) is 0 Å². The summed E-state index contributed by atoms with van der Waals surface area (Å²) in [6.07, 6.45) is -3.97. The SMILES string of the molecule is CC(=O)COc1ccc(OC2OC(CO)C(C)C(O)C2O)cc1. The minimum absolute atomic E-state index is 0.00703. The van der Waals surface area contributed by atoms with Crippen molar-refractivity contribution < 1.29 is 34.3 Å². The fourth-order valence-electron chi connectivity index (χ4n) is 2.31. The van der Waals surface area contributed by atoms with Crippen LogP contribution < -0.4 is 9.47 Å². The van der Waals surface area contributed by atoms with Crippen LogP contribution in [0, 0.1) is 5.92 Å². The molecule has 1 aliphatic rings. The van der Waals surface area contributed by atoms with Crippen LogP contribution in [0.4, 0.5) is 0 Å². The number of ketones is 1. The van der Waals surface area contributed by atoms with Gasteiger partial charge in [-0.25, -0.2) is 0 Å². The van der Waals surface area contributed by atoms with Gasteiger partial charge < -0.3 is 29.5 Å². The second-order valence-corrected chi connectivity index (χ2v) is 5.65. The van der Waals surface area contributed by atoms with Crippen LogP contribution in [0.5, 0.6) is 11.5 Å². The molecule has 0 aromatic heterocycles. The first-order valence-electron chi connectivity index (χ1n) is 7.43. The van der Waals surface area contributed by atoms with Crippen molar-refractivity contribution >= 4 is 5.78 Å². The Labute approximate surface area is 134 Å². The maximum absolute atomic E-state index is 10.9. The summed E-state index contributed by atoms with van der Waals surface area (Å²) in [5.41, 5.74) is 0. The van der Waals surface area contributed by atoms with Gasteiger partial charge in [-0.05, 0) is 31.2 Å². The Balaban J connectivity index is 1.99. The van der Waals surface area contributed by atoms with Crippen LogP contribution in [0.1, 0.15) is 13.8 Å². The molecule has 1 heterocycles. The molecule has 5 atom stereocenters. The number of rotatable bonds is 6. The molecule has 1 fully saturated rings. The lowest BCUT2D eigenvalue weighted by Gasteiger charge is -2.40. The zero-order valence-corrected chi connectivity index (χ0v) is 13.1. The molecule has 1 aromatic rings. The van der Waals surface area contributed by atoms with E-state index in [-0.39, 0.29) is 19.0 Å². The molecule has 23 heavy (non-hydrogen) atoms. The van der Waals surface area contributed by atoms with Crippen molar-refractivity contribution in [2.45, 2.75) is 38.4 Å². The Morgan fingerprint density at radius 2 is 1.78 bits per heavy atom. The predicted octanol–water partition coefficient (Wildman–Crippen LogP) is 0.108. The smallest absolute Gasteiger partial charge is 0.229 e. The highest BCUT2D eigenvalue weighted by Gasteiger charge is 2.43. The quantitative estimate of drug-likeness (QED) is 0.681. The molecule has 1 aromatic carbocycles. The van der Waals surface area contributed by atoms with Crippen molar-refractivity contribution in [3.8, 4) is 11.5 Å². The van der Waals surface area contributed by atoms with Crippen LogP contribution in [0.3, 0.4) is 0 Å². The number of carbonyl (C=O) groups is 1. The van der Waals surface area contributed by atoms with Gasteiger partial charge in [-0.3, -0.25) is 4.79 Å². The molecule has 0 aliphatic carbocycles. The average molecular weight is 326 g/mol. The first-order valence-corrected chi connectivity index (χ1v) is 7.43. The molecule has 5 unspecified atom stereocenters. The Hall–Kier alpha value is -1.67. The molecule has 0 radical (unpaired) electrons. The largest absolute Gasteiger partial charge is 0.486 e. The molecule has 0 spiro atoms. The molecular weight excluding hydrogens is 304 g/mol. The fraction of sp³-hybridized carbons (Fsp3) is 0.562. The molecule has 7 heteroatoms. The zero-order chi connectivity index (χ0) is 17.0. The fourth-order valence-corrected chi connectivity index (χ4v) is 2.31. The van der Waals surface area contributed by atoms with Crippen molar-refractivity contribution in [3.63, 3.8) is 0 Å². The Morgan fingerprint density at radius 1 is 1.17 bits per heavy atom. The molecular formula is C16H22O7. The van der Waals surface area contributed by atoms with E-state index in [1.54, 1.807) is 31.2 Å². The van der Waals surface area contributed by atoms with Crippen LogP contribution >= 0.6 is 0 Å². The van der Waals surface area contributed by atoms with Gasteiger partial charge in [0.05, 0.1) is 18.8 Å². The lowest BCUT2D eigenvalue weighted by molar-refractivity contribution is -0.261. The zero-order valence-electron chi connectivity index (χ0n) is 13.1. The third kappa shape index (κ3) is 4.42. The van der Waals surface area contributed by atoms with E-state index in [1.165, 1.54) is 6.92 Å². The van der Waals surface area contributed by atoms with Crippen molar-refractivity contribution in [1.29, 1.82) is 0 Å². The Bertz CT molecular complexity index is 514. The van der Waals surface area contributed by atoms with Gasteiger partial charge in [-0.1, -0.05) is 6.92 Å². The van der Waals surface area contributed by atoms with Gasteiger partial charge >= 0.3 is 0 Å². The van der Waals surface area contributed by atoms with Crippen LogP contribution in [0.25, 0.3) is 0 Å². The Kier molecular flexibility index (Phi) is 5.95. The number of ether oxygens (including phenoxy) is 3. The van der Waals surface area contributed by atoms with Crippen molar-refractivity contribution in [1.82, 2.24) is 0 Å². The van der Waals surface area contributed by atoms with E-state index >= 15 is 0 Å². The molecule has 1 aliphatic heterocycles. The third-order valence-electron chi connectivity index (χ3n) is 3.76. The number of carbonyl (C=O) groups excluding carboxylic acids is 1. The summed E-state index contributed by atoms with van der Waals surface area (Å²) in [6, 6.07) is 6.44. The molecule has 128 valence electrons. The van der Waals surface area contributed by atoms with Crippen LogP contribution in [0.15, 0.2) is 24.3 Å². The molecule has 0 saturated carbocycles. The van der Waals surface area contributed by atoms with E-state index in [4.69, 9.17) is 14.2 Å². The molecule has 1 saturated heterocycles. The summed E-state index contributed by atoms with van der Waals surface area (Å²) in [5, 5.41) is 29.3. The van der Waals surface area contributed by atoms with Gasteiger partial charge in [0.1, 0.15) is 24.2 Å². The standard InChI is InChI=1S/C16H22O7/c1-9(18)8-21-11-3-5-12(6-4-11)22-16-15(20)14(19)10(2)13(7-17)23-16/h3-6,10,13-17,19-20H,7-8H2,1-2H3. The summed E-state index contributed by atoms with van der Waals surface area (Å²) in [5.74, 6) is 0.432. The van der Waals surface area contributed by atoms with Crippen LogP contribution in [-0.4, -0.2) is 58.9 Å². The van der Waals surface area contributed by atoms with E-state index in [9.17, 15) is 20.1 Å². The van der Waals surface area contributed by atoms with Gasteiger partial charge in [0.25, 0.3) is 0 Å². The number of aliphatic hydroxyl groups is 3. The van der Waals surface area contributed by atoms with Crippen molar-refractivity contribution in [2.24, 2.45) is 5.92 Å². The normalized spacial score (nSPS) is 30.7. The second-order valence-electron chi connectivity index (χ2n) is 5.65. The Morgan fingerprint density at radius 3 is 2.35 bits per heavy atom. The molecule has 0 amide bonds. The molecule has 7 nitrogen and oxygen atoms in total. The van der Waals surface area contributed by atoms with E-state index in [0.717, 1.165) is 0 Å². The highest BCUT2D eigenvalue weighted by molar-refractivity contribution is 5.77. The summed E-state index contributed by atoms with van der Waals surface area (Å²) >= 11 is 0. The summed E-state index contributed by atoms with van der Waals surface area (Å²) in [7, 11) is 0. The number of hydrogen-bond acceptors (Lipinski definition) is 7. The van der Waals surface area contributed by atoms with E-state index < -0.39 is 30.5 Å². The monoisotopic (exact) mass is 326 g/mol. The minimum Gasteiger partial charge on any atom is -0.486 e. The topological polar surface area (TPSA) is 105 Å². The average Bonchev–Trinajstić information content (AvgIpc) is 2.54. The highest BCUT2D eigenvalue weighted by atomic mass is 16.7. The van der Waals surface area contributed by atoms with Gasteiger partial charge in [0.2, 0.25) is 6.29 Å². The maximum Gasteiger partial charge on any atom is 0.229 e. The number of aliphatic hydroxyl groups excluding tert-OH is 3. The maximum atomic E-state index is 10.9. The molecule has 3 N–H and O–H groups in total. The first kappa shape index (κ1) is 17.7. The summed E-state index contributed by atoms with van der Waals surface area (Å²) in [4.78, 5) is 10.9. The summed E-state index contributed by atoms with van der Waals surface area (Å²) in [6.45, 7) is 2.84. The highest BCUT2D eigenvalue weighted by Crippen LogP contribution is 2.28. The van der Waals surface area contributed by atoms with Crippen LogP contribution in [0.2, 0.25) is 0 Å². The lowest BCUT2D eigenvalue weighted by Crippen LogP contribution is -2.56. The first-order chi connectivity index (χ1) is 10.9. The van der Waals surface area contributed by atoms with Gasteiger partial charge in [0, 0.05) is 5.92 Å². The van der Waals surface area contributed by atoms with Crippen molar-refractivity contribution in [2.75, 3.05) is 13.2 Å². The van der Waals surface area contributed by atoms with E-state index in [2.05, 4.69) is 0 Å². The second kappa shape index (κ2) is 7.74. The predicted molar refractivity (Wildman–Crippen MR) is 80.2 cm³/mol. The van der Waals surface area contributed by atoms with E-state index in [0.29, 0.717) is 11.5 Å². The lowest BCUT2D eigenvalue weighted by atomic mass is 9.91. The number of benzene rings is 1. The van der Waals surface area contributed by atoms with Gasteiger partial charge in [0.15, 0.2) is 5.78 Å². The molecule has 2 rings (SSSR count). The number of hydrogen-bond donors (Lipinski definition) is 3. The third-order valence-corrected chi connectivity index (χ3v) is 3.76. The summed E-state index contributed by atoms with van der Waals surface area (Å²) < 4.78 is 16.3.